The van der Waals surface area contributed by atoms with Gasteiger partial charge in [-0.2, -0.15) is 0 Å². The molecule has 2 heterocycles. The number of anilines is 1. The van der Waals surface area contributed by atoms with Gasteiger partial charge in [0, 0.05) is 11.9 Å². The van der Waals surface area contributed by atoms with Gasteiger partial charge in [-0.05, 0) is 12.1 Å². The smallest absolute Gasteiger partial charge is 0.231 e. The largest absolute Gasteiger partial charge is 0.550 e. The fraction of sp³-hybridized carbons (Fsp3) is 0.286. The van der Waals surface area contributed by atoms with E-state index < -0.39 is 35.9 Å². The summed E-state index contributed by atoms with van der Waals surface area (Å²) in [7, 11) is 0. The van der Waals surface area contributed by atoms with Gasteiger partial charge >= 0.3 is 0 Å². The standard InChI is InChI=1S/C14H13NO5/c16-8-4-2-1-3-7(8)15-13(17)11-9-5-6-10(20-9)12(11)14(18)19/h1-6,9-12,16H,(H,15,17)(H,18,19)/p-1/t9-,10+,11-,12+/m1/s1. The second-order valence-electron chi connectivity index (χ2n) is 4.83. The number of carboxylic acid groups (broad SMARTS) is 1. The number of hydrogen-bond donors (Lipinski definition) is 2. The molecule has 1 saturated heterocycles. The topological polar surface area (TPSA) is 98.7 Å². The van der Waals surface area contributed by atoms with Gasteiger partial charge in [0.2, 0.25) is 5.91 Å². The van der Waals surface area contributed by atoms with Gasteiger partial charge in [-0.3, -0.25) is 4.79 Å². The van der Waals surface area contributed by atoms with Crippen LogP contribution in [0.15, 0.2) is 36.4 Å². The number of rotatable bonds is 3. The van der Waals surface area contributed by atoms with E-state index in [1.54, 1.807) is 24.3 Å². The average molecular weight is 274 g/mol. The number of para-hydroxylation sites is 2. The minimum atomic E-state index is -1.31. The molecule has 0 aliphatic carbocycles. The summed E-state index contributed by atoms with van der Waals surface area (Å²) in [5, 5.41) is 23.3. The number of carbonyl (C=O) groups excluding carboxylic acids is 2. The summed E-state index contributed by atoms with van der Waals surface area (Å²) in [4.78, 5) is 23.4. The van der Waals surface area contributed by atoms with Crippen LogP contribution in [-0.4, -0.2) is 29.2 Å². The second kappa shape index (κ2) is 4.64. The SMILES string of the molecule is O=C([O-])[C@@H]1[C@H](C(=O)Nc2ccccc2O)[C@H]2C=C[C@@H]1O2. The summed E-state index contributed by atoms with van der Waals surface area (Å²) in [5.74, 6) is -3.74. The summed E-state index contributed by atoms with van der Waals surface area (Å²) in [6, 6.07) is 6.25. The Hall–Kier alpha value is -2.34. The number of carbonyl (C=O) groups is 2. The van der Waals surface area contributed by atoms with Gasteiger partial charge in [0.1, 0.15) is 5.75 Å². The molecule has 2 N–H and O–H groups in total. The zero-order valence-electron chi connectivity index (χ0n) is 10.4. The van der Waals surface area contributed by atoms with E-state index in [-0.39, 0.29) is 11.4 Å². The van der Waals surface area contributed by atoms with Crippen molar-refractivity contribution in [2.45, 2.75) is 12.2 Å². The molecule has 0 saturated carbocycles. The number of phenols is 1. The van der Waals surface area contributed by atoms with E-state index in [2.05, 4.69) is 5.32 Å². The molecule has 0 aromatic heterocycles. The summed E-state index contributed by atoms with van der Waals surface area (Å²) < 4.78 is 5.39. The van der Waals surface area contributed by atoms with Crippen molar-refractivity contribution >= 4 is 17.6 Å². The highest BCUT2D eigenvalue weighted by Crippen LogP contribution is 2.39. The van der Waals surface area contributed by atoms with Crippen molar-refractivity contribution in [3.8, 4) is 5.75 Å². The van der Waals surface area contributed by atoms with Crippen molar-refractivity contribution in [1.29, 1.82) is 0 Å². The molecule has 0 spiro atoms. The Balaban J connectivity index is 1.82. The molecule has 6 heteroatoms. The highest BCUT2D eigenvalue weighted by Gasteiger charge is 2.50. The first kappa shape index (κ1) is 12.7. The Bertz CT molecular complexity index is 597. The highest BCUT2D eigenvalue weighted by molar-refractivity contribution is 5.97. The molecule has 0 radical (unpaired) electrons. The van der Waals surface area contributed by atoms with Crippen LogP contribution in [0.2, 0.25) is 0 Å². The Morgan fingerprint density at radius 2 is 1.80 bits per heavy atom. The molecule has 1 aromatic carbocycles. The molecule has 1 fully saturated rings. The van der Waals surface area contributed by atoms with Crippen molar-refractivity contribution in [2.24, 2.45) is 11.8 Å². The number of ether oxygens (including phenoxy) is 1. The van der Waals surface area contributed by atoms with E-state index in [4.69, 9.17) is 4.74 Å². The Kier molecular flexibility index (Phi) is 2.94. The highest BCUT2D eigenvalue weighted by atomic mass is 16.5. The molecular weight excluding hydrogens is 262 g/mol. The number of hydrogen-bond acceptors (Lipinski definition) is 5. The molecule has 2 bridgehead atoms. The Morgan fingerprint density at radius 3 is 2.45 bits per heavy atom. The normalized spacial score (nSPS) is 30.4. The lowest BCUT2D eigenvalue weighted by Gasteiger charge is -2.25. The first-order chi connectivity index (χ1) is 9.58. The molecule has 104 valence electrons. The molecule has 2 aliphatic heterocycles. The number of nitrogens with one attached hydrogen (secondary N) is 1. The molecule has 1 aromatic rings. The van der Waals surface area contributed by atoms with Crippen LogP contribution >= 0.6 is 0 Å². The van der Waals surface area contributed by atoms with Gasteiger partial charge in [-0.25, -0.2) is 0 Å². The van der Waals surface area contributed by atoms with Crippen LogP contribution in [0.25, 0.3) is 0 Å². The fourth-order valence-electron chi connectivity index (χ4n) is 2.70. The summed E-state index contributed by atoms with van der Waals surface area (Å²) in [6.07, 6.45) is 2.13. The number of aliphatic carboxylic acids is 1. The maximum absolute atomic E-state index is 12.2. The monoisotopic (exact) mass is 274 g/mol. The van der Waals surface area contributed by atoms with Crippen LogP contribution < -0.4 is 10.4 Å². The third-order valence-corrected chi connectivity index (χ3v) is 3.64. The van der Waals surface area contributed by atoms with Crippen molar-refractivity contribution in [3.63, 3.8) is 0 Å². The number of benzene rings is 1. The third-order valence-electron chi connectivity index (χ3n) is 3.64. The van der Waals surface area contributed by atoms with Crippen LogP contribution in [0, 0.1) is 11.8 Å². The minimum absolute atomic E-state index is 0.0783. The minimum Gasteiger partial charge on any atom is -0.550 e. The maximum Gasteiger partial charge on any atom is 0.231 e. The zero-order valence-corrected chi connectivity index (χ0v) is 10.4. The predicted octanol–water partition coefficient (Wildman–Crippen LogP) is -0.350. The molecule has 6 nitrogen and oxygen atoms in total. The molecule has 4 atom stereocenters. The van der Waals surface area contributed by atoms with Gasteiger partial charge in [0.25, 0.3) is 0 Å². The van der Waals surface area contributed by atoms with Gasteiger partial charge in [0.15, 0.2) is 0 Å². The van der Waals surface area contributed by atoms with E-state index >= 15 is 0 Å². The number of aromatic hydroxyl groups is 1. The van der Waals surface area contributed by atoms with Crippen molar-refractivity contribution in [2.75, 3.05) is 5.32 Å². The number of amides is 1. The van der Waals surface area contributed by atoms with Crippen molar-refractivity contribution in [1.82, 2.24) is 0 Å². The molecule has 20 heavy (non-hydrogen) atoms. The van der Waals surface area contributed by atoms with Crippen molar-refractivity contribution in [3.05, 3.63) is 36.4 Å². The predicted molar refractivity (Wildman–Crippen MR) is 66.5 cm³/mol. The van der Waals surface area contributed by atoms with E-state index in [9.17, 15) is 19.8 Å². The average Bonchev–Trinajstić information content (AvgIpc) is 3.01. The van der Waals surface area contributed by atoms with E-state index in [1.807, 2.05) is 0 Å². The molecule has 2 aliphatic rings. The number of phenolic OH excluding ortho intramolecular Hbond substituents is 1. The van der Waals surface area contributed by atoms with E-state index in [0.717, 1.165) is 0 Å². The second-order valence-corrected chi connectivity index (χ2v) is 4.83. The summed E-state index contributed by atoms with van der Waals surface area (Å²) in [5.41, 5.74) is 0.237. The van der Waals surface area contributed by atoms with Crippen LogP contribution in [0.5, 0.6) is 5.75 Å². The molecular formula is C14H12NO5-. The number of carboxylic acids is 1. The van der Waals surface area contributed by atoms with Gasteiger partial charge < -0.3 is 25.1 Å². The Morgan fingerprint density at radius 1 is 1.15 bits per heavy atom. The lowest BCUT2D eigenvalue weighted by molar-refractivity contribution is -0.313. The molecule has 3 rings (SSSR count). The zero-order chi connectivity index (χ0) is 14.3. The summed E-state index contributed by atoms with van der Waals surface area (Å²) >= 11 is 0. The van der Waals surface area contributed by atoms with Crippen LogP contribution in [0.1, 0.15) is 0 Å². The Labute approximate surface area is 114 Å². The van der Waals surface area contributed by atoms with Crippen molar-refractivity contribution < 1.29 is 24.5 Å². The first-order valence-corrected chi connectivity index (χ1v) is 6.21. The van der Waals surface area contributed by atoms with Crippen LogP contribution in [-0.2, 0) is 14.3 Å². The maximum atomic E-state index is 12.2. The molecule has 1 amide bonds. The first-order valence-electron chi connectivity index (χ1n) is 6.21. The van der Waals surface area contributed by atoms with E-state index in [0.29, 0.717) is 0 Å². The van der Waals surface area contributed by atoms with E-state index in [1.165, 1.54) is 12.1 Å². The van der Waals surface area contributed by atoms with Gasteiger partial charge in [0.05, 0.1) is 23.8 Å². The van der Waals surface area contributed by atoms with Gasteiger partial charge in [-0.1, -0.05) is 24.3 Å². The van der Waals surface area contributed by atoms with Crippen LogP contribution in [0.3, 0.4) is 0 Å². The fourth-order valence-corrected chi connectivity index (χ4v) is 2.70. The summed E-state index contributed by atoms with van der Waals surface area (Å²) in [6.45, 7) is 0. The van der Waals surface area contributed by atoms with Gasteiger partial charge in [-0.15, -0.1) is 0 Å². The third kappa shape index (κ3) is 1.94. The lowest BCUT2D eigenvalue weighted by Crippen LogP contribution is -2.45. The number of fused-ring (bicyclic) bond motifs is 2. The molecule has 0 unspecified atom stereocenters. The van der Waals surface area contributed by atoms with Crippen LogP contribution in [0.4, 0.5) is 5.69 Å². The lowest BCUT2D eigenvalue weighted by atomic mass is 9.82. The quantitative estimate of drug-likeness (QED) is 0.580.